The van der Waals surface area contributed by atoms with Crippen LogP contribution in [0.25, 0.3) is 0 Å². The van der Waals surface area contributed by atoms with E-state index >= 15 is 0 Å². The molecule has 0 spiro atoms. The molecular weight excluding hydrogens is 260 g/mol. The van der Waals surface area contributed by atoms with Gasteiger partial charge in [-0.1, -0.05) is 13.8 Å². The summed E-state index contributed by atoms with van der Waals surface area (Å²) in [4.78, 5) is 11.8. The zero-order chi connectivity index (χ0) is 14.5. The number of hydrogen-bond donors (Lipinski definition) is 3. The largest absolute Gasteiger partial charge is 0.387 e. The molecule has 5 heteroatoms. The van der Waals surface area contributed by atoms with Crippen molar-refractivity contribution in [1.29, 1.82) is 0 Å². The molecule has 19 heavy (non-hydrogen) atoms. The maximum atomic E-state index is 11.8. The van der Waals surface area contributed by atoms with E-state index in [9.17, 15) is 9.90 Å². The van der Waals surface area contributed by atoms with Crippen LogP contribution in [0, 0.1) is 5.41 Å². The fourth-order valence-electron chi connectivity index (χ4n) is 2.41. The van der Waals surface area contributed by atoms with Gasteiger partial charge in [-0.15, -0.1) is 0 Å². The van der Waals surface area contributed by atoms with E-state index in [1.54, 1.807) is 18.7 Å². The average molecular weight is 288 g/mol. The molecule has 1 atom stereocenters. The summed E-state index contributed by atoms with van der Waals surface area (Å²) in [5, 5.41) is 15.7. The molecule has 0 radical (unpaired) electrons. The van der Waals surface area contributed by atoms with Crippen molar-refractivity contribution in [2.45, 2.75) is 58.1 Å². The van der Waals surface area contributed by atoms with Gasteiger partial charge in [0.15, 0.2) is 0 Å². The van der Waals surface area contributed by atoms with Crippen LogP contribution in [0.5, 0.6) is 0 Å². The Kier molecular flexibility index (Phi) is 5.99. The zero-order valence-electron chi connectivity index (χ0n) is 12.6. The predicted molar refractivity (Wildman–Crippen MR) is 81.6 cm³/mol. The molecule has 3 N–H and O–H groups in total. The number of thioether (sulfide) groups is 1. The molecule has 2 amide bonds. The molecule has 0 aromatic heterocycles. The highest BCUT2D eigenvalue weighted by molar-refractivity contribution is 7.98. The van der Waals surface area contributed by atoms with E-state index in [0.29, 0.717) is 11.2 Å². The summed E-state index contributed by atoms with van der Waals surface area (Å²) in [7, 11) is 0. The molecule has 1 saturated carbocycles. The first-order chi connectivity index (χ1) is 8.74. The highest BCUT2D eigenvalue weighted by atomic mass is 32.2. The first-order valence-electron chi connectivity index (χ1n) is 7.00. The fraction of sp³-hybridized carbons (Fsp3) is 0.929. The minimum atomic E-state index is -0.842. The summed E-state index contributed by atoms with van der Waals surface area (Å²) >= 11 is 1.57. The number of nitrogens with one attached hydrogen (secondary N) is 2. The zero-order valence-corrected chi connectivity index (χ0v) is 13.4. The van der Waals surface area contributed by atoms with Crippen LogP contribution in [0.1, 0.15) is 46.5 Å². The molecule has 4 nitrogen and oxygen atoms in total. The van der Waals surface area contributed by atoms with Crippen LogP contribution < -0.4 is 10.6 Å². The standard InChI is InChI=1S/C14H28N2O2S/c1-13(2)7-5-11(6-8-13)16-12(17)15-9-14(3,18)10-19-4/h11,18H,5-10H2,1-4H3,(H2,15,16,17). The van der Waals surface area contributed by atoms with E-state index < -0.39 is 5.60 Å². The molecule has 1 unspecified atom stereocenters. The predicted octanol–water partition coefficient (Wildman–Crippen LogP) is 2.37. The lowest BCUT2D eigenvalue weighted by Gasteiger charge is -2.34. The first-order valence-corrected chi connectivity index (χ1v) is 8.39. The van der Waals surface area contributed by atoms with Gasteiger partial charge < -0.3 is 15.7 Å². The Balaban J connectivity index is 2.25. The molecular formula is C14H28N2O2S. The summed E-state index contributed by atoms with van der Waals surface area (Å²) < 4.78 is 0. The highest BCUT2D eigenvalue weighted by Gasteiger charge is 2.28. The fourth-order valence-corrected chi connectivity index (χ4v) is 3.14. The summed E-state index contributed by atoms with van der Waals surface area (Å²) in [6, 6.07) is 0.115. The van der Waals surface area contributed by atoms with Gasteiger partial charge in [0.25, 0.3) is 0 Å². The molecule has 0 aromatic carbocycles. The van der Waals surface area contributed by atoms with Crippen molar-refractivity contribution < 1.29 is 9.90 Å². The second-order valence-corrected chi connectivity index (χ2v) is 7.56. The van der Waals surface area contributed by atoms with Crippen molar-refractivity contribution in [2.24, 2.45) is 5.41 Å². The van der Waals surface area contributed by atoms with Gasteiger partial charge in [-0.2, -0.15) is 11.8 Å². The number of carbonyl (C=O) groups excluding carboxylic acids is 1. The Morgan fingerprint density at radius 2 is 2.00 bits per heavy atom. The third-order valence-corrected chi connectivity index (χ3v) is 4.67. The molecule has 0 aromatic rings. The van der Waals surface area contributed by atoms with Gasteiger partial charge in [0.2, 0.25) is 0 Å². The molecule has 112 valence electrons. The van der Waals surface area contributed by atoms with Crippen molar-refractivity contribution >= 4 is 17.8 Å². The van der Waals surface area contributed by atoms with Crippen LogP contribution in [-0.4, -0.2) is 41.3 Å². The quantitative estimate of drug-likeness (QED) is 0.728. The molecule has 1 rings (SSSR count). The van der Waals surface area contributed by atoms with E-state index in [-0.39, 0.29) is 18.6 Å². The number of amides is 2. The molecule has 1 fully saturated rings. The number of carbonyl (C=O) groups is 1. The van der Waals surface area contributed by atoms with Gasteiger partial charge >= 0.3 is 6.03 Å². The Morgan fingerprint density at radius 1 is 1.42 bits per heavy atom. The first kappa shape index (κ1) is 16.6. The molecule has 0 bridgehead atoms. The lowest BCUT2D eigenvalue weighted by atomic mass is 9.76. The Bertz CT molecular complexity index is 296. The van der Waals surface area contributed by atoms with Gasteiger partial charge in [0.1, 0.15) is 0 Å². The normalized spacial score (nSPS) is 22.6. The van der Waals surface area contributed by atoms with E-state index in [0.717, 1.165) is 25.7 Å². The molecule has 1 aliphatic carbocycles. The minimum Gasteiger partial charge on any atom is -0.387 e. The Labute approximate surface area is 121 Å². The molecule has 0 saturated heterocycles. The lowest BCUT2D eigenvalue weighted by molar-refractivity contribution is 0.0865. The van der Waals surface area contributed by atoms with Crippen LogP contribution in [0.4, 0.5) is 4.79 Å². The van der Waals surface area contributed by atoms with Crippen molar-refractivity contribution in [2.75, 3.05) is 18.6 Å². The van der Waals surface area contributed by atoms with Crippen molar-refractivity contribution in [1.82, 2.24) is 10.6 Å². The summed E-state index contributed by atoms with van der Waals surface area (Å²) in [6.45, 7) is 6.59. The Hall–Kier alpha value is -0.420. The third-order valence-electron chi connectivity index (χ3n) is 3.76. The van der Waals surface area contributed by atoms with E-state index in [1.807, 2.05) is 6.26 Å². The van der Waals surface area contributed by atoms with Crippen LogP contribution in [0.2, 0.25) is 0 Å². The van der Waals surface area contributed by atoms with E-state index in [1.165, 1.54) is 0 Å². The summed E-state index contributed by atoms with van der Waals surface area (Å²) in [5.41, 5.74) is -0.429. The summed E-state index contributed by atoms with van der Waals surface area (Å²) in [6.07, 6.45) is 6.34. The Morgan fingerprint density at radius 3 is 2.53 bits per heavy atom. The number of hydrogen-bond acceptors (Lipinski definition) is 3. The SMILES string of the molecule is CSCC(C)(O)CNC(=O)NC1CCC(C)(C)CC1. The van der Waals surface area contributed by atoms with Gasteiger partial charge in [0.05, 0.1) is 5.60 Å². The van der Waals surface area contributed by atoms with Crippen LogP contribution in [-0.2, 0) is 0 Å². The average Bonchev–Trinajstić information content (AvgIpc) is 2.30. The monoisotopic (exact) mass is 288 g/mol. The van der Waals surface area contributed by atoms with E-state index in [2.05, 4.69) is 24.5 Å². The van der Waals surface area contributed by atoms with Crippen LogP contribution in [0.15, 0.2) is 0 Å². The van der Waals surface area contributed by atoms with Crippen LogP contribution in [0.3, 0.4) is 0 Å². The van der Waals surface area contributed by atoms with Gasteiger partial charge in [-0.05, 0) is 44.3 Å². The molecule has 0 heterocycles. The second kappa shape index (κ2) is 6.84. The van der Waals surface area contributed by atoms with Crippen LogP contribution >= 0.6 is 11.8 Å². The minimum absolute atomic E-state index is 0.161. The topological polar surface area (TPSA) is 61.4 Å². The number of urea groups is 1. The van der Waals surface area contributed by atoms with Gasteiger partial charge in [0, 0.05) is 18.3 Å². The maximum absolute atomic E-state index is 11.8. The van der Waals surface area contributed by atoms with Crippen molar-refractivity contribution in [3.63, 3.8) is 0 Å². The maximum Gasteiger partial charge on any atom is 0.315 e. The smallest absolute Gasteiger partial charge is 0.315 e. The third kappa shape index (κ3) is 6.52. The lowest BCUT2D eigenvalue weighted by Crippen LogP contribution is -2.49. The summed E-state index contributed by atoms with van der Waals surface area (Å²) in [5.74, 6) is 0.616. The van der Waals surface area contributed by atoms with E-state index in [4.69, 9.17) is 0 Å². The number of aliphatic hydroxyl groups is 1. The molecule has 1 aliphatic rings. The number of rotatable bonds is 5. The van der Waals surface area contributed by atoms with Crippen molar-refractivity contribution in [3.8, 4) is 0 Å². The van der Waals surface area contributed by atoms with Crippen molar-refractivity contribution in [3.05, 3.63) is 0 Å². The van der Waals surface area contributed by atoms with Gasteiger partial charge in [-0.25, -0.2) is 4.79 Å². The van der Waals surface area contributed by atoms with Gasteiger partial charge in [-0.3, -0.25) is 0 Å². The highest BCUT2D eigenvalue weighted by Crippen LogP contribution is 2.34. The molecule has 0 aliphatic heterocycles. The second-order valence-electron chi connectivity index (χ2n) is 6.70.